The van der Waals surface area contributed by atoms with Crippen LogP contribution < -0.4 is 9.80 Å². The number of rotatable bonds is 6. The summed E-state index contributed by atoms with van der Waals surface area (Å²) in [6, 6.07) is 25.8. The van der Waals surface area contributed by atoms with Gasteiger partial charge in [-0.05, 0) is 126 Å². The van der Waals surface area contributed by atoms with Crippen molar-refractivity contribution in [3.63, 3.8) is 0 Å². The number of hydrogen-bond acceptors (Lipinski definition) is 6. The van der Waals surface area contributed by atoms with Crippen LogP contribution in [0.5, 0.6) is 0 Å². The average Bonchev–Trinajstić information content (AvgIpc) is 3.05. The first-order chi connectivity index (χ1) is 21.1. The normalized spacial score (nSPS) is 12.9. The zero-order valence-electron chi connectivity index (χ0n) is 24.5. The van der Waals surface area contributed by atoms with E-state index < -0.39 is 0 Å². The van der Waals surface area contributed by atoms with Crippen molar-refractivity contribution in [1.82, 2.24) is 19.9 Å². The highest BCUT2D eigenvalue weighted by Gasteiger charge is 2.20. The Bertz CT molecular complexity index is 1950. The number of benzene rings is 3. The Morgan fingerprint density at radius 1 is 0.581 bits per heavy atom. The number of likely N-dealkylation sites (N-methyl/N-ethyl adjacent to an activating group) is 1. The second kappa shape index (κ2) is 11.1. The summed E-state index contributed by atoms with van der Waals surface area (Å²) < 4.78 is 0. The first kappa shape index (κ1) is 26.4. The Morgan fingerprint density at radius 3 is 1.53 bits per heavy atom. The van der Waals surface area contributed by atoms with Crippen LogP contribution in [0.1, 0.15) is 11.1 Å². The van der Waals surface area contributed by atoms with Crippen molar-refractivity contribution in [2.45, 2.75) is 13.8 Å². The Balaban J connectivity index is 1.38. The molecule has 210 valence electrons. The minimum Gasteiger partial charge on any atom is -0.375 e. The average molecular weight is 561 g/mol. The molecule has 0 aliphatic carbocycles. The van der Waals surface area contributed by atoms with Gasteiger partial charge in [-0.15, -0.1) is 0 Å². The molecule has 0 amide bonds. The Kier molecular flexibility index (Phi) is 6.79. The molecule has 0 fully saturated rings. The van der Waals surface area contributed by atoms with E-state index in [1.807, 2.05) is 43.0 Å². The third kappa shape index (κ3) is 4.87. The summed E-state index contributed by atoms with van der Waals surface area (Å²) in [4.78, 5) is 19.9. The number of fused-ring (bicyclic) bond motifs is 2. The molecule has 0 unspecified atom stereocenters. The van der Waals surface area contributed by atoms with Gasteiger partial charge >= 0.3 is 0 Å². The standard InChI is InChI=1S/C37H32N6/c1-26-35-15-13-29(43(32-10-6-18-40-24-32)33-11-7-19-41(3)25-33)21-37(35)27(2)34-14-12-28(20-36(26)34)42(30-8-4-16-38-22-30)31-9-5-17-39-23-31/h4-24H,25H2,1-3H3. The van der Waals surface area contributed by atoms with Crippen molar-refractivity contribution in [3.8, 4) is 0 Å². The summed E-state index contributed by atoms with van der Waals surface area (Å²) >= 11 is 0. The third-order valence-electron chi connectivity index (χ3n) is 8.18. The van der Waals surface area contributed by atoms with Crippen LogP contribution >= 0.6 is 0 Å². The van der Waals surface area contributed by atoms with Gasteiger partial charge in [0.15, 0.2) is 0 Å². The summed E-state index contributed by atoms with van der Waals surface area (Å²) in [7, 11) is 2.10. The van der Waals surface area contributed by atoms with Crippen molar-refractivity contribution in [1.29, 1.82) is 0 Å². The van der Waals surface area contributed by atoms with Crippen LogP contribution in [0, 0.1) is 13.8 Å². The second-order valence-electron chi connectivity index (χ2n) is 10.9. The molecule has 0 N–H and O–H groups in total. The van der Waals surface area contributed by atoms with Crippen molar-refractivity contribution >= 4 is 50.0 Å². The first-order valence-corrected chi connectivity index (χ1v) is 14.4. The summed E-state index contributed by atoms with van der Waals surface area (Å²) in [5.41, 5.74) is 8.92. The van der Waals surface area contributed by atoms with E-state index in [2.05, 4.69) is 123 Å². The Morgan fingerprint density at radius 2 is 1.07 bits per heavy atom. The summed E-state index contributed by atoms with van der Waals surface area (Å²) in [5.74, 6) is 0. The number of hydrogen-bond donors (Lipinski definition) is 0. The van der Waals surface area contributed by atoms with Gasteiger partial charge in [-0.25, -0.2) is 0 Å². The van der Waals surface area contributed by atoms with Gasteiger partial charge in [0.1, 0.15) is 0 Å². The van der Waals surface area contributed by atoms with Crippen LogP contribution in [0.4, 0.5) is 28.4 Å². The molecule has 0 radical (unpaired) electrons. The second-order valence-corrected chi connectivity index (χ2v) is 10.9. The van der Waals surface area contributed by atoms with Crippen molar-refractivity contribution in [3.05, 3.63) is 145 Å². The lowest BCUT2D eigenvalue weighted by Crippen LogP contribution is -2.27. The molecule has 6 nitrogen and oxygen atoms in total. The van der Waals surface area contributed by atoms with E-state index in [1.54, 1.807) is 12.4 Å². The zero-order valence-corrected chi connectivity index (χ0v) is 24.5. The molecule has 43 heavy (non-hydrogen) atoms. The summed E-state index contributed by atoms with van der Waals surface area (Å²) in [6.07, 6.45) is 17.5. The molecule has 0 saturated heterocycles. The number of aromatic nitrogens is 3. The van der Waals surface area contributed by atoms with Crippen LogP contribution in [0.2, 0.25) is 0 Å². The SMILES string of the molecule is Cc1c2ccc(N(c3cccnc3)c3cccnc3)cc2c(C)c2ccc(N(C3=CC=CN(C)C3)c3cccnc3)cc12. The molecule has 0 bridgehead atoms. The number of aryl methyl sites for hydroxylation is 2. The van der Waals surface area contributed by atoms with Gasteiger partial charge in [-0.2, -0.15) is 0 Å². The van der Waals surface area contributed by atoms with Crippen LogP contribution in [0.3, 0.4) is 0 Å². The lowest BCUT2D eigenvalue weighted by Gasteiger charge is -2.32. The molecular formula is C37H32N6. The molecule has 0 atom stereocenters. The van der Waals surface area contributed by atoms with E-state index >= 15 is 0 Å². The van der Waals surface area contributed by atoms with Crippen molar-refractivity contribution in [2.75, 3.05) is 23.4 Å². The molecule has 0 spiro atoms. The van der Waals surface area contributed by atoms with Crippen LogP contribution in [0.15, 0.2) is 134 Å². The van der Waals surface area contributed by atoms with E-state index in [9.17, 15) is 0 Å². The third-order valence-corrected chi connectivity index (χ3v) is 8.18. The molecule has 4 heterocycles. The largest absolute Gasteiger partial charge is 0.375 e. The lowest BCUT2D eigenvalue weighted by atomic mass is 9.92. The van der Waals surface area contributed by atoms with Gasteiger partial charge in [0.25, 0.3) is 0 Å². The zero-order chi connectivity index (χ0) is 29.3. The van der Waals surface area contributed by atoms with Gasteiger partial charge in [0.05, 0.1) is 42.2 Å². The van der Waals surface area contributed by atoms with Gasteiger partial charge in [0, 0.05) is 42.7 Å². The van der Waals surface area contributed by atoms with Crippen LogP contribution in [0.25, 0.3) is 21.5 Å². The number of allylic oxidation sites excluding steroid dienone is 2. The van der Waals surface area contributed by atoms with E-state index in [4.69, 9.17) is 0 Å². The highest BCUT2D eigenvalue weighted by atomic mass is 15.2. The molecule has 3 aromatic heterocycles. The van der Waals surface area contributed by atoms with Gasteiger partial charge in [-0.3, -0.25) is 15.0 Å². The van der Waals surface area contributed by atoms with Crippen molar-refractivity contribution < 1.29 is 0 Å². The fraction of sp³-hybridized carbons (Fsp3) is 0.108. The highest BCUT2D eigenvalue weighted by Crippen LogP contribution is 2.41. The fourth-order valence-corrected chi connectivity index (χ4v) is 6.10. The number of pyridine rings is 3. The van der Waals surface area contributed by atoms with E-state index in [0.717, 1.165) is 35.0 Å². The minimum atomic E-state index is 0.812. The van der Waals surface area contributed by atoms with E-state index in [1.165, 1.54) is 38.4 Å². The maximum atomic E-state index is 4.43. The lowest BCUT2D eigenvalue weighted by molar-refractivity contribution is 0.487. The molecule has 7 rings (SSSR count). The maximum absolute atomic E-state index is 4.43. The summed E-state index contributed by atoms with van der Waals surface area (Å²) in [6.45, 7) is 5.28. The Hall–Kier alpha value is -5.49. The van der Waals surface area contributed by atoms with Gasteiger partial charge in [-0.1, -0.05) is 12.1 Å². The fourth-order valence-electron chi connectivity index (χ4n) is 6.10. The van der Waals surface area contributed by atoms with Crippen molar-refractivity contribution in [2.24, 2.45) is 0 Å². The first-order valence-electron chi connectivity index (χ1n) is 14.4. The monoisotopic (exact) mass is 560 g/mol. The van der Waals surface area contributed by atoms with Gasteiger partial charge in [0.2, 0.25) is 0 Å². The van der Waals surface area contributed by atoms with E-state index in [-0.39, 0.29) is 0 Å². The summed E-state index contributed by atoms with van der Waals surface area (Å²) in [5, 5.41) is 4.98. The molecule has 6 aromatic rings. The quantitative estimate of drug-likeness (QED) is 0.190. The molecular weight excluding hydrogens is 528 g/mol. The predicted octanol–water partition coefficient (Wildman–Crippen LogP) is 8.75. The Labute approximate surface area is 251 Å². The molecule has 1 aliphatic rings. The van der Waals surface area contributed by atoms with Gasteiger partial charge < -0.3 is 14.7 Å². The molecule has 3 aromatic carbocycles. The van der Waals surface area contributed by atoms with Crippen LogP contribution in [-0.2, 0) is 0 Å². The predicted molar refractivity (Wildman–Crippen MR) is 177 cm³/mol. The smallest absolute Gasteiger partial charge is 0.0645 e. The number of anilines is 5. The maximum Gasteiger partial charge on any atom is 0.0645 e. The molecule has 1 aliphatic heterocycles. The topological polar surface area (TPSA) is 48.4 Å². The molecule has 6 heteroatoms. The molecule has 0 saturated carbocycles. The van der Waals surface area contributed by atoms with E-state index in [0.29, 0.717) is 0 Å². The number of nitrogens with zero attached hydrogens (tertiary/aromatic N) is 6. The minimum absolute atomic E-state index is 0.812. The highest BCUT2D eigenvalue weighted by molar-refractivity contribution is 6.07. The van der Waals surface area contributed by atoms with Crippen LogP contribution in [-0.4, -0.2) is 33.4 Å².